The fraction of sp³-hybridized carbons (Fsp3) is 0.133. The molecule has 0 saturated heterocycles. The summed E-state index contributed by atoms with van der Waals surface area (Å²) in [6.45, 7) is 0.918. The lowest BCUT2D eigenvalue weighted by Crippen LogP contribution is -2.12. The molecular formula is C15H13FN2O. The standard InChI is InChI=1S/C15H13FN2O/c16-14-10-12(11-17)6-7-15(14)18-8-9-19-13-4-2-1-3-5-13/h1-7,10,18H,8-9H2. The van der Waals surface area contributed by atoms with Crippen LogP contribution in [0.4, 0.5) is 10.1 Å². The van der Waals surface area contributed by atoms with E-state index in [1.54, 1.807) is 12.1 Å². The van der Waals surface area contributed by atoms with Gasteiger partial charge in [0.1, 0.15) is 18.2 Å². The van der Waals surface area contributed by atoms with Crippen molar-refractivity contribution in [1.29, 1.82) is 5.26 Å². The lowest BCUT2D eigenvalue weighted by Gasteiger charge is -2.09. The predicted molar refractivity (Wildman–Crippen MR) is 71.5 cm³/mol. The number of hydrogen-bond donors (Lipinski definition) is 1. The molecule has 0 heterocycles. The van der Waals surface area contributed by atoms with E-state index in [1.807, 2.05) is 36.4 Å². The van der Waals surface area contributed by atoms with Crippen LogP contribution in [0.15, 0.2) is 48.5 Å². The van der Waals surface area contributed by atoms with Gasteiger partial charge in [-0.25, -0.2) is 4.39 Å². The topological polar surface area (TPSA) is 45.0 Å². The second kappa shape index (κ2) is 6.41. The van der Waals surface area contributed by atoms with E-state index in [0.717, 1.165) is 5.75 Å². The van der Waals surface area contributed by atoms with Crippen LogP contribution in [-0.4, -0.2) is 13.2 Å². The van der Waals surface area contributed by atoms with Gasteiger partial charge in [-0.05, 0) is 30.3 Å². The minimum absolute atomic E-state index is 0.309. The first kappa shape index (κ1) is 12.9. The third-order valence-corrected chi connectivity index (χ3v) is 2.53. The molecule has 19 heavy (non-hydrogen) atoms. The smallest absolute Gasteiger partial charge is 0.147 e. The van der Waals surface area contributed by atoms with E-state index in [2.05, 4.69) is 5.32 Å². The average molecular weight is 256 g/mol. The highest BCUT2D eigenvalue weighted by atomic mass is 19.1. The molecular weight excluding hydrogens is 243 g/mol. The van der Waals surface area contributed by atoms with Crippen LogP contribution < -0.4 is 10.1 Å². The molecule has 0 aliphatic carbocycles. The quantitative estimate of drug-likeness (QED) is 0.835. The summed E-state index contributed by atoms with van der Waals surface area (Å²) < 4.78 is 19.0. The normalized spacial score (nSPS) is 9.68. The Labute approximate surface area is 111 Å². The van der Waals surface area contributed by atoms with Gasteiger partial charge in [0.05, 0.1) is 17.3 Å². The molecule has 96 valence electrons. The predicted octanol–water partition coefficient (Wildman–Crippen LogP) is 3.19. The van der Waals surface area contributed by atoms with E-state index in [4.69, 9.17) is 10.00 Å². The van der Waals surface area contributed by atoms with Crippen LogP contribution in [0.1, 0.15) is 5.56 Å². The third-order valence-electron chi connectivity index (χ3n) is 2.53. The number of ether oxygens (including phenoxy) is 1. The first-order valence-electron chi connectivity index (χ1n) is 5.91. The van der Waals surface area contributed by atoms with Crippen LogP contribution in [0.3, 0.4) is 0 Å². The Hall–Kier alpha value is -2.54. The highest BCUT2D eigenvalue weighted by Gasteiger charge is 2.02. The number of halogens is 1. The Bertz CT molecular complexity index is 578. The molecule has 0 spiro atoms. The van der Waals surface area contributed by atoms with Crippen molar-refractivity contribution in [2.45, 2.75) is 0 Å². The number of para-hydroxylation sites is 1. The van der Waals surface area contributed by atoms with Crippen molar-refractivity contribution in [3.8, 4) is 11.8 Å². The molecule has 0 atom stereocenters. The number of benzene rings is 2. The zero-order valence-electron chi connectivity index (χ0n) is 10.3. The SMILES string of the molecule is N#Cc1ccc(NCCOc2ccccc2)c(F)c1. The maximum Gasteiger partial charge on any atom is 0.147 e. The molecule has 0 bridgehead atoms. The molecule has 4 heteroatoms. The number of anilines is 1. The van der Waals surface area contributed by atoms with Gasteiger partial charge in [0.2, 0.25) is 0 Å². The van der Waals surface area contributed by atoms with Crippen molar-refractivity contribution in [2.24, 2.45) is 0 Å². The summed E-state index contributed by atoms with van der Waals surface area (Å²) >= 11 is 0. The molecule has 0 amide bonds. The molecule has 0 radical (unpaired) electrons. The lowest BCUT2D eigenvalue weighted by molar-refractivity contribution is 0.332. The molecule has 1 N–H and O–H groups in total. The lowest BCUT2D eigenvalue weighted by atomic mass is 10.2. The zero-order valence-corrected chi connectivity index (χ0v) is 10.3. The maximum atomic E-state index is 13.5. The minimum atomic E-state index is -0.432. The van der Waals surface area contributed by atoms with Crippen LogP contribution in [0.5, 0.6) is 5.75 Å². The Balaban J connectivity index is 1.82. The van der Waals surface area contributed by atoms with Gasteiger partial charge in [-0.3, -0.25) is 0 Å². The second-order valence-electron chi connectivity index (χ2n) is 3.89. The van der Waals surface area contributed by atoms with E-state index in [1.165, 1.54) is 6.07 Å². The minimum Gasteiger partial charge on any atom is -0.492 e. The summed E-state index contributed by atoms with van der Waals surface area (Å²) in [5.41, 5.74) is 0.680. The number of rotatable bonds is 5. The van der Waals surface area contributed by atoms with Gasteiger partial charge in [-0.1, -0.05) is 18.2 Å². The van der Waals surface area contributed by atoms with E-state index >= 15 is 0 Å². The molecule has 0 aliphatic heterocycles. The van der Waals surface area contributed by atoms with Gasteiger partial charge in [-0.15, -0.1) is 0 Å². The first-order valence-corrected chi connectivity index (χ1v) is 5.91. The summed E-state index contributed by atoms with van der Waals surface area (Å²) in [5.74, 6) is 0.350. The van der Waals surface area contributed by atoms with Crippen LogP contribution in [-0.2, 0) is 0 Å². The van der Waals surface area contributed by atoms with Crippen molar-refractivity contribution >= 4 is 5.69 Å². The average Bonchev–Trinajstić information content (AvgIpc) is 2.46. The fourth-order valence-corrected chi connectivity index (χ4v) is 1.60. The molecule has 2 aromatic rings. The van der Waals surface area contributed by atoms with Gasteiger partial charge in [0, 0.05) is 6.54 Å². The highest BCUT2D eigenvalue weighted by molar-refractivity contribution is 5.48. The third kappa shape index (κ3) is 3.71. The van der Waals surface area contributed by atoms with E-state index in [0.29, 0.717) is 24.4 Å². The number of nitrogens with one attached hydrogen (secondary N) is 1. The van der Waals surface area contributed by atoms with Crippen LogP contribution in [0.2, 0.25) is 0 Å². The number of hydrogen-bond acceptors (Lipinski definition) is 3. The van der Waals surface area contributed by atoms with Gasteiger partial charge >= 0.3 is 0 Å². The summed E-state index contributed by atoms with van der Waals surface area (Å²) in [7, 11) is 0. The highest BCUT2D eigenvalue weighted by Crippen LogP contribution is 2.15. The maximum absolute atomic E-state index is 13.5. The Morgan fingerprint density at radius 2 is 1.95 bits per heavy atom. The summed E-state index contributed by atoms with van der Waals surface area (Å²) in [6.07, 6.45) is 0. The van der Waals surface area contributed by atoms with Crippen molar-refractivity contribution in [1.82, 2.24) is 0 Å². The van der Waals surface area contributed by atoms with Crippen molar-refractivity contribution in [2.75, 3.05) is 18.5 Å². The van der Waals surface area contributed by atoms with Crippen molar-refractivity contribution in [3.63, 3.8) is 0 Å². The van der Waals surface area contributed by atoms with Gasteiger partial charge in [0.15, 0.2) is 0 Å². The van der Waals surface area contributed by atoms with Gasteiger partial charge < -0.3 is 10.1 Å². The Morgan fingerprint density at radius 3 is 2.63 bits per heavy atom. The monoisotopic (exact) mass is 256 g/mol. The van der Waals surface area contributed by atoms with Crippen LogP contribution in [0, 0.1) is 17.1 Å². The van der Waals surface area contributed by atoms with Crippen LogP contribution in [0.25, 0.3) is 0 Å². The van der Waals surface area contributed by atoms with Crippen molar-refractivity contribution < 1.29 is 9.13 Å². The molecule has 0 fully saturated rings. The molecule has 3 nitrogen and oxygen atoms in total. The first-order chi connectivity index (χ1) is 9.29. The van der Waals surface area contributed by atoms with Gasteiger partial charge in [-0.2, -0.15) is 5.26 Å². The van der Waals surface area contributed by atoms with E-state index in [-0.39, 0.29) is 0 Å². The molecule has 0 unspecified atom stereocenters. The molecule has 0 saturated carbocycles. The summed E-state index contributed by atoms with van der Waals surface area (Å²) in [4.78, 5) is 0. The summed E-state index contributed by atoms with van der Waals surface area (Å²) in [6, 6.07) is 15.6. The van der Waals surface area contributed by atoms with Crippen LogP contribution >= 0.6 is 0 Å². The fourth-order valence-electron chi connectivity index (χ4n) is 1.60. The zero-order chi connectivity index (χ0) is 13.5. The Kier molecular flexibility index (Phi) is 4.35. The van der Waals surface area contributed by atoms with Crippen molar-refractivity contribution in [3.05, 3.63) is 59.9 Å². The molecule has 0 aromatic heterocycles. The number of nitrogens with zero attached hydrogens (tertiary/aromatic N) is 1. The second-order valence-corrected chi connectivity index (χ2v) is 3.89. The van der Waals surface area contributed by atoms with Gasteiger partial charge in [0.25, 0.3) is 0 Å². The molecule has 0 aliphatic rings. The molecule has 2 rings (SSSR count). The number of nitriles is 1. The molecule has 2 aromatic carbocycles. The van der Waals surface area contributed by atoms with E-state index in [9.17, 15) is 4.39 Å². The van der Waals surface area contributed by atoms with E-state index < -0.39 is 5.82 Å². The summed E-state index contributed by atoms with van der Waals surface area (Å²) in [5, 5.41) is 11.6. The largest absolute Gasteiger partial charge is 0.492 e. The Morgan fingerprint density at radius 1 is 1.16 bits per heavy atom.